The molecule has 0 radical (unpaired) electrons. The fraction of sp³-hybridized carbons (Fsp3) is 0.158. The SMILES string of the molecule is CC=Cc1ccc(OCC(=O)Nc2ccccc2C#N)c(OC)c1. The minimum Gasteiger partial charge on any atom is -0.493 e. The Balaban J connectivity index is 2.03. The summed E-state index contributed by atoms with van der Waals surface area (Å²) in [5.41, 5.74) is 1.84. The molecule has 0 bridgehead atoms. The molecular weight excluding hydrogens is 304 g/mol. The highest BCUT2D eigenvalue weighted by Gasteiger charge is 2.10. The van der Waals surface area contributed by atoms with Crippen LogP contribution in [0.1, 0.15) is 18.1 Å². The third-order valence-electron chi connectivity index (χ3n) is 3.23. The van der Waals surface area contributed by atoms with Gasteiger partial charge < -0.3 is 14.8 Å². The van der Waals surface area contributed by atoms with Crippen LogP contribution in [-0.2, 0) is 4.79 Å². The van der Waals surface area contributed by atoms with E-state index in [1.807, 2.05) is 37.3 Å². The molecule has 2 aromatic rings. The topological polar surface area (TPSA) is 71.3 Å². The molecule has 1 N–H and O–H groups in total. The fourth-order valence-electron chi connectivity index (χ4n) is 2.12. The molecule has 0 saturated carbocycles. The Morgan fingerprint density at radius 2 is 2.04 bits per heavy atom. The van der Waals surface area contributed by atoms with Crippen molar-refractivity contribution in [2.45, 2.75) is 6.92 Å². The van der Waals surface area contributed by atoms with Crippen LogP contribution in [0.25, 0.3) is 6.08 Å². The standard InChI is InChI=1S/C19H18N2O3/c1-3-6-14-9-10-17(18(11-14)23-2)24-13-19(22)21-16-8-5-4-7-15(16)12-20/h3-11H,13H2,1-2H3,(H,21,22). The van der Waals surface area contributed by atoms with E-state index in [4.69, 9.17) is 14.7 Å². The Labute approximate surface area is 141 Å². The number of nitrogens with zero attached hydrogens (tertiary/aromatic N) is 1. The number of amides is 1. The first-order chi connectivity index (χ1) is 11.7. The Hall–Kier alpha value is -3.26. The van der Waals surface area contributed by atoms with Crippen LogP contribution in [0.3, 0.4) is 0 Å². The van der Waals surface area contributed by atoms with E-state index >= 15 is 0 Å². The summed E-state index contributed by atoms with van der Waals surface area (Å²) in [6, 6.07) is 14.3. The number of nitrogens with one attached hydrogen (secondary N) is 1. The van der Waals surface area contributed by atoms with Crippen molar-refractivity contribution >= 4 is 17.7 Å². The summed E-state index contributed by atoms with van der Waals surface area (Å²) >= 11 is 0. The molecule has 2 rings (SSSR count). The summed E-state index contributed by atoms with van der Waals surface area (Å²) in [5, 5.41) is 11.7. The first kappa shape index (κ1) is 17.1. The molecule has 1 amide bonds. The summed E-state index contributed by atoms with van der Waals surface area (Å²) in [6.07, 6.45) is 3.87. The molecule has 0 unspecified atom stereocenters. The lowest BCUT2D eigenvalue weighted by Crippen LogP contribution is -2.20. The van der Waals surface area contributed by atoms with Gasteiger partial charge in [-0.1, -0.05) is 30.4 Å². The second-order valence-electron chi connectivity index (χ2n) is 4.90. The van der Waals surface area contributed by atoms with Gasteiger partial charge in [-0.3, -0.25) is 4.79 Å². The summed E-state index contributed by atoms with van der Waals surface area (Å²) < 4.78 is 10.8. The van der Waals surface area contributed by atoms with Crippen LogP contribution in [0.5, 0.6) is 11.5 Å². The highest BCUT2D eigenvalue weighted by molar-refractivity contribution is 5.93. The van der Waals surface area contributed by atoms with Crippen LogP contribution in [0.4, 0.5) is 5.69 Å². The molecule has 5 nitrogen and oxygen atoms in total. The lowest BCUT2D eigenvalue weighted by Gasteiger charge is -2.12. The number of benzene rings is 2. The van der Waals surface area contributed by atoms with Crippen LogP contribution in [-0.4, -0.2) is 19.6 Å². The lowest BCUT2D eigenvalue weighted by atomic mass is 10.2. The molecule has 0 aromatic heterocycles. The summed E-state index contributed by atoms with van der Waals surface area (Å²) in [7, 11) is 1.55. The molecule has 0 aliphatic heterocycles. The normalized spacial score (nSPS) is 10.2. The Morgan fingerprint density at radius 3 is 2.75 bits per heavy atom. The van der Waals surface area contributed by atoms with Gasteiger partial charge in [-0.2, -0.15) is 5.26 Å². The van der Waals surface area contributed by atoms with Crippen molar-refractivity contribution in [2.75, 3.05) is 19.0 Å². The molecule has 0 atom stereocenters. The number of methoxy groups -OCH3 is 1. The second kappa shape index (κ2) is 8.39. The van der Waals surface area contributed by atoms with Crippen LogP contribution in [0, 0.1) is 11.3 Å². The van der Waals surface area contributed by atoms with Crippen LogP contribution >= 0.6 is 0 Å². The highest BCUT2D eigenvalue weighted by atomic mass is 16.5. The van der Waals surface area contributed by atoms with Crippen LogP contribution in [0.2, 0.25) is 0 Å². The number of rotatable bonds is 6. The van der Waals surface area contributed by atoms with E-state index in [2.05, 4.69) is 5.32 Å². The maximum atomic E-state index is 12.0. The summed E-state index contributed by atoms with van der Waals surface area (Å²) in [5.74, 6) is 0.683. The predicted molar refractivity (Wildman–Crippen MR) is 93.0 cm³/mol. The number of para-hydroxylation sites is 1. The summed E-state index contributed by atoms with van der Waals surface area (Å²) in [6.45, 7) is 1.75. The molecule has 0 aliphatic rings. The second-order valence-corrected chi connectivity index (χ2v) is 4.90. The van der Waals surface area contributed by atoms with Gasteiger partial charge in [-0.05, 0) is 36.8 Å². The minimum atomic E-state index is -0.350. The molecule has 0 aliphatic carbocycles. The van der Waals surface area contributed by atoms with Gasteiger partial charge in [0.25, 0.3) is 5.91 Å². The van der Waals surface area contributed by atoms with Crippen molar-refractivity contribution < 1.29 is 14.3 Å². The van der Waals surface area contributed by atoms with Gasteiger partial charge in [0.1, 0.15) is 6.07 Å². The van der Waals surface area contributed by atoms with Gasteiger partial charge in [0.15, 0.2) is 18.1 Å². The number of hydrogen-bond donors (Lipinski definition) is 1. The predicted octanol–water partition coefficient (Wildman–Crippen LogP) is 3.62. The van der Waals surface area contributed by atoms with Gasteiger partial charge in [0.05, 0.1) is 18.4 Å². The first-order valence-electron chi connectivity index (χ1n) is 7.40. The van der Waals surface area contributed by atoms with Gasteiger partial charge in [0.2, 0.25) is 0 Å². The number of ether oxygens (including phenoxy) is 2. The Morgan fingerprint density at radius 1 is 1.25 bits per heavy atom. The molecular formula is C19H18N2O3. The quantitative estimate of drug-likeness (QED) is 0.882. The summed E-state index contributed by atoms with van der Waals surface area (Å²) in [4.78, 5) is 12.0. The highest BCUT2D eigenvalue weighted by Crippen LogP contribution is 2.28. The number of anilines is 1. The zero-order chi connectivity index (χ0) is 17.4. The van der Waals surface area contributed by atoms with E-state index in [1.54, 1.807) is 37.4 Å². The van der Waals surface area contributed by atoms with E-state index in [1.165, 1.54) is 0 Å². The number of allylic oxidation sites excluding steroid dienone is 1. The average molecular weight is 322 g/mol. The third kappa shape index (κ3) is 4.37. The smallest absolute Gasteiger partial charge is 0.262 e. The van der Waals surface area contributed by atoms with E-state index < -0.39 is 0 Å². The zero-order valence-corrected chi connectivity index (χ0v) is 13.6. The Kier molecular flexibility index (Phi) is 5.98. The fourth-order valence-corrected chi connectivity index (χ4v) is 2.12. The minimum absolute atomic E-state index is 0.181. The zero-order valence-electron chi connectivity index (χ0n) is 13.6. The van der Waals surface area contributed by atoms with Gasteiger partial charge in [0, 0.05) is 0 Å². The maximum absolute atomic E-state index is 12.0. The van der Waals surface area contributed by atoms with Crippen molar-refractivity contribution in [1.29, 1.82) is 5.26 Å². The number of hydrogen-bond acceptors (Lipinski definition) is 4. The number of nitriles is 1. The largest absolute Gasteiger partial charge is 0.493 e. The van der Waals surface area contributed by atoms with Crippen molar-refractivity contribution in [3.63, 3.8) is 0 Å². The van der Waals surface area contributed by atoms with E-state index in [9.17, 15) is 4.79 Å². The van der Waals surface area contributed by atoms with E-state index in [0.29, 0.717) is 22.7 Å². The molecule has 2 aromatic carbocycles. The molecule has 24 heavy (non-hydrogen) atoms. The maximum Gasteiger partial charge on any atom is 0.262 e. The van der Waals surface area contributed by atoms with E-state index in [-0.39, 0.29) is 12.5 Å². The van der Waals surface area contributed by atoms with Crippen molar-refractivity contribution in [3.05, 3.63) is 59.7 Å². The van der Waals surface area contributed by atoms with Crippen molar-refractivity contribution in [1.82, 2.24) is 0 Å². The number of carbonyl (C=O) groups is 1. The molecule has 0 heterocycles. The molecule has 0 spiro atoms. The van der Waals surface area contributed by atoms with Crippen molar-refractivity contribution in [3.8, 4) is 17.6 Å². The van der Waals surface area contributed by atoms with Crippen LogP contribution < -0.4 is 14.8 Å². The molecule has 0 fully saturated rings. The first-order valence-corrected chi connectivity index (χ1v) is 7.40. The lowest BCUT2D eigenvalue weighted by molar-refractivity contribution is -0.118. The third-order valence-corrected chi connectivity index (χ3v) is 3.23. The van der Waals surface area contributed by atoms with Crippen LogP contribution in [0.15, 0.2) is 48.5 Å². The molecule has 122 valence electrons. The van der Waals surface area contributed by atoms with E-state index in [0.717, 1.165) is 5.56 Å². The van der Waals surface area contributed by atoms with Gasteiger partial charge >= 0.3 is 0 Å². The van der Waals surface area contributed by atoms with Gasteiger partial charge in [-0.25, -0.2) is 0 Å². The van der Waals surface area contributed by atoms with Gasteiger partial charge in [-0.15, -0.1) is 0 Å². The van der Waals surface area contributed by atoms with Crippen molar-refractivity contribution in [2.24, 2.45) is 0 Å². The Bertz CT molecular complexity index is 791. The number of carbonyl (C=O) groups excluding carboxylic acids is 1. The monoisotopic (exact) mass is 322 g/mol. The molecule has 5 heteroatoms. The molecule has 0 saturated heterocycles. The average Bonchev–Trinajstić information content (AvgIpc) is 2.61.